The fourth-order valence-electron chi connectivity index (χ4n) is 2.27. The van der Waals surface area contributed by atoms with Gasteiger partial charge < -0.3 is 4.52 Å². The molecule has 2 aromatic carbocycles. The summed E-state index contributed by atoms with van der Waals surface area (Å²) >= 11 is 0. The zero-order valence-electron chi connectivity index (χ0n) is 12.2. The molecule has 0 saturated heterocycles. The summed E-state index contributed by atoms with van der Waals surface area (Å²) in [6.45, 7) is 0.650. The van der Waals surface area contributed by atoms with Crippen molar-refractivity contribution >= 4 is 0 Å². The molecule has 4 aromatic rings. The Morgan fingerprint density at radius 3 is 2.43 bits per heavy atom. The van der Waals surface area contributed by atoms with E-state index in [1.54, 1.807) is 4.68 Å². The van der Waals surface area contributed by atoms with Crippen molar-refractivity contribution in [1.29, 1.82) is 0 Å². The van der Waals surface area contributed by atoms with Gasteiger partial charge in [0.05, 0.1) is 12.7 Å². The van der Waals surface area contributed by atoms with Crippen LogP contribution in [0, 0.1) is 0 Å². The van der Waals surface area contributed by atoms with Crippen LogP contribution in [0.3, 0.4) is 0 Å². The number of benzene rings is 2. The summed E-state index contributed by atoms with van der Waals surface area (Å²) in [5.74, 6) is 0.904. The zero-order valence-corrected chi connectivity index (χ0v) is 12.2. The molecule has 112 valence electrons. The molecule has 2 aromatic heterocycles. The van der Waals surface area contributed by atoms with Gasteiger partial charge in [-0.25, -0.2) is 4.68 Å². The lowest BCUT2D eigenvalue weighted by molar-refractivity contribution is 0.432. The van der Waals surface area contributed by atoms with Crippen LogP contribution in [0.4, 0.5) is 0 Å². The standard InChI is InChI=1S/C17H13N5O/c1-3-7-13(8-4-1)11-22-12-15(19-21-22)16-18-17(23-20-16)14-9-5-2-6-10-14/h1-10,12H,11H2. The lowest BCUT2D eigenvalue weighted by Gasteiger charge is -1.98. The minimum absolute atomic E-state index is 0.433. The van der Waals surface area contributed by atoms with Gasteiger partial charge >= 0.3 is 0 Å². The first-order valence-corrected chi connectivity index (χ1v) is 7.22. The topological polar surface area (TPSA) is 69.6 Å². The summed E-state index contributed by atoms with van der Waals surface area (Å²) in [4.78, 5) is 4.38. The number of rotatable bonds is 4. The minimum atomic E-state index is 0.433. The third-order valence-electron chi connectivity index (χ3n) is 3.40. The summed E-state index contributed by atoms with van der Waals surface area (Å²) in [5.41, 5.74) is 2.62. The third kappa shape index (κ3) is 2.87. The molecule has 0 unspecified atom stereocenters. The molecule has 0 saturated carbocycles. The molecule has 0 atom stereocenters. The monoisotopic (exact) mass is 303 g/mol. The molecule has 0 bridgehead atoms. The molecule has 0 aliphatic carbocycles. The van der Waals surface area contributed by atoms with E-state index in [1.807, 2.05) is 66.9 Å². The Balaban J connectivity index is 1.56. The summed E-state index contributed by atoms with van der Waals surface area (Å²) in [5, 5.41) is 12.2. The molecule has 0 aliphatic heterocycles. The van der Waals surface area contributed by atoms with Gasteiger partial charge in [0.15, 0.2) is 5.69 Å². The maximum Gasteiger partial charge on any atom is 0.258 e. The number of aromatic nitrogens is 5. The van der Waals surface area contributed by atoms with Crippen LogP contribution in [0.2, 0.25) is 0 Å². The molecular formula is C17H13N5O. The zero-order chi connectivity index (χ0) is 15.5. The predicted octanol–water partition coefficient (Wildman–Crippen LogP) is 3.04. The quantitative estimate of drug-likeness (QED) is 0.579. The van der Waals surface area contributed by atoms with E-state index in [4.69, 9.17) is 4.52 Å². The van der Waals surface area contributed by atoms with E-state index in [-0.39, 0.29) is 0 Å². The molecule has 2 heterocycles. The Morgan fingerprint density at radius 2 is 1.65 bits per heavy atom. The van der Waals surface area contributed by atoms with E-state index in [1.165, 1.54) is 0 Å². The molecule has 6 heteroatoms. The molecule has 0 amide bonds. The van der Waals surface area contributed by atoms with E-state index in [9.17, 15) is 0 Å². The van der Waals surface area contributed by atoms with Crippen LogP contribution in [0.15, 0.2) is 71.4 Å². The van der Waals surface area contributed by atoms with Gasteiger partial charge in [0.25, 0.3) is 5.89 Å². The van der Waals surface area contributed by atoms with Crippen molar-refractivity contribution in [1.82, 2.24) is 25.1 Å². The maximum absolute atomic E-state index is 5.29. The molecule has 0 radical (unpaired) electrons. The Morgan fingerprint density at radius 1 is 0.913 bits per heavy atom. The van der Waals surface area contributed by atoms with Crippen LogP contribution < -0.4 is 0 Å². The second kappa shape index (κ2) is 5.84. The highest BCUT2D eigenvalue weighted by atomic mass is 16.5. The molecule has 0 spiro atoms. The van der Waals surface area contributed by atoms with Crippen LogP contribution >= 0.6 is 0 Å². The van der Waals surface area contributed by atoms with Gasteiger partial charge in [-0.15, -0.1) is 5.10 Å². The molecule has 0 aliphatic rings. The molecule has 23 heavy (non-hydrogen) atoms. The van der Waals surface area contributed by atoms with Gasteiger partial charge in [-0.3, -0.25) is 0 Å². The lowest BCUT2D eigenvalue weighted by atomic mass is 10.2. The van der Waals surface area contributed by atoms with Gasteiger partial charge in [-0.1, -0.05) is 58.9 Å². The van der Waals surface area contributed by atoms with Crippen LogP contribution in [-0.4, -0.2) is 25.1 Å². The van der Waals surface area contributed by atoms with Crippen LogP contribution in [0.5, 0.6) is 0 Å². The first kappa shape index (κ1) is 13.4. The highest BCUT2D eigenvalue weighted by Gasteiger charge is 2.13. The lowest BCUT2D eigenvalue weighted by Crippen LogP contribution is -1.99. The molecule has 6 nitrogen and oxygen atoms in total. The average molecular weight is 303 g/mol. The summed E-state index contributed by atoms with van der Waals surface area (Å²) < 4.78 is 7.05. The van der Waals surface area contributed by atoms with Gasteiger partial charge in [-0.05, 0) is 17.7 Å². The Kier molecular flexibility index (Phi) is 3.40. The molecule has 0 fully saturated rings. The number of nitrogens with zero attached hydrogens (tertiary/aromatic N) is 5. The number of hydrogen-bond acceptors (Lipinski definition) is 5. The fourth-order valence-corrected chi connectivity index (χ4v) is 2.27. The highest BCUT2D eigenvalue weighted by molar-refractivity contribution is 5.56. The Hall–Kier alpha value is -3.28. The summed E-state index contributed by atoms with van der Waals surface area (Å²) in [6, 6.07) is 19.7. The fraction of sp³-hybridized carbons (Fsp3) is 0.0588. The smallest absolute Gasteiger partial charge is 0.258 e. The van der Waals surface area contributed by atoms with Gasteiger partial charge in [0, 0.05) is 5.56 Å². The van der Waals surface area contributed by atoms with E-state index >= 15 is 0 Å². The van der Waals surface area contributed by atoms with Crippen molar-refractivity contribution in [3.63, 3.8) is 0 Å². The van der Waals surface area contributed by atoms with Crippen LogP contribution in [0.1, 0.15) is 5.56 Å². The normalized spacial score (nSPS) is 10.8. The first-order valence-electron chi connectivity index (χ1n) is 7.22. The molecule has 4 rings (SSSR count). The van der Waals surface area contributed by atoms with Crippen molar-refractivity contribution in [3.05, 3.63) is 72.4 Å². The van der Waals surface area contributed by atoms with Crippen molar-refractivity contribution in [3.8, 4) is 23.0 Å². The van der Waals surface area contributed by atoms with E-state index in [0.717, 1.165) is 11.1 Å². The Labute approximate surface area is 132 Å². The van der Waals surface area contributed by atoms with Crippen molar-refractivity contribution in [2.24, 2.45) is 0 Å². The first-order chi connectivity index (χ1) is 11.4. The average Bonchev–Trinajstić information content (AvgIpc) is 3.26. The summed E-state index contributed by atoms with van der Waals surface area (Å²) in [6.07, 6.45) is 1.81. The van der Waals surface area contributed by atoms with E-state index in [2.05, 4.69) is 20.5 Å². The van der Waals surface area contributed by atoms with Crippen LogP contribution in [-0.2, 0) is 6.54 Å². The van der Waals surface area contributed by atoms with E-state index < -0.39 is 0 Å². The molecule has 0 N–H and O–H groups in total. The van der Waals surface area contributed by atoms with Crippen LogP contribution in [0.25, 0.3) is 23.0 Å². The van der Waals surface area contributed by atoms with E-state index in [0.29, 0.717) is 24.0 Å². The minimum Gasteiger partial charge on any atom is -0.334 e. The SMILES string of the molecule is c1ccc(Cn2cc(-c3noc(-c4ccccc4)n3)nn2)cc1. The number of hydrogen-bond donors (Lipinski definition) is 0. The Bertz CT molecular complexity index is 899. The van der Waals surface area contributed by atoms with Gasteiger partial charge in [0.2, 0.25) is 5.82 Å². The predicted molar refractivity (Wildman–Crippen MR) is 84.3 cm³/mol. The van der Waals surface area contributed by atoms with Crippen molar-refractivity contribution in [2.75, 3.05) is 0 Å². The second-order valence-electron chi connectivity index (χ2n) is 5.08. The summed E-state index contributed by atoms with van der Waals surface area (Å²) in [7, 11) is 0. The molecular weight excluding hydrogens is 290 g/mol. The maximum atomic E-state index is 5.29. The van der Waals surface area contributed by atoms with Gasteiger partial charge in [-0.2, -0.15) is 4.98 Å². The van der Waals surface area contributed by atoms with Crippen molar-refractivity contribution < 1.29 is 4.52 Å². The highest BCUT2D eigenvalue weighted by Crippen LogP contribution is 2.20. The van der Waals surface area contributed by atoms with Gasteiger partial charge in [0.1, 0.15) is 0 Å². The largest absolute Gasteiger partial charge is 0.334 e. The second-order valence-corrected chi connectivity index (χ2v) is 5.08. The third-order valence-corrected chi connectivity index (χ3v) is 3.40. The van der Waals surface area contributed by atoms with Crippen molar-refractivity contribution in [2.45, 2.75) is 6.54 Å².